The summed E-state index contributed by atoms with van der Waals surface area (Å²) in [4.78, 5) is 2.62. The molecule has 108 valence electrons. The van der Waals surface area contributed by atoms with Crippen LogP contribution >= 0.6 is 0 Å². The second-order valence-corrected chi connectivity index (χ2v) is 5.98. The van der Waals surface area contributed by atoms with E-state index in [0.717, 1.165) is 24.6 Å². The Hall–Kier alpha value is -0.800. The topological polar surface area (TPSA) is 28.4 Å². The first-order valence-corrected chi connectivity index (χ1v) is 7.59. The van der Waals surface area contributed by atoms with E-state index in [1.54, 1.807) is 0 Å². The highest BCUT2D eigenvalue weighted by Crippen LogP contribution is 2.29. The van der Waals surface area contributed by atoms with Gasteiger partial charge >= 0.3 is 0 Å². The molecule has 1 N–H and O–H groups in total. The zero-order valence-electron chi connectivity index (χ0n) is 13.0. The van der Waals surface area contributed by atoms with Crippen molar-refractivity contribution in [3.63, 3.8) is 0 Å². The average molecular weight is 264 g/mol. The Balaban J connectivity index is 2.12. The van der Waals surface area contributed by atoms with E-state index in [2.05, 4.69) is 44.0 Å². The van der Waals surface area contributed by atoms with E-state index in [-0.39, 0.29) is 0 Å². The fraction of sp³-hybridized carbons (Fsp3) is 0.750. The Bertz CT molecular complexity index is 413. The van der Waals surface area contributed by atoms with Gasteiger partial charge in [-0.05, 0) is 40.2 Å². The number of furan rings is 1. The molecule has 3 unspecified atom stereocenters. The third-order valence-electron chi connectivity index (χ3n) is 4.36. The van der Waals surface area contributed by atoms with Gasteiger partial charge in [-0.3, -0.25) is 4.90 Å². The van der Waals surface area contributed by atoms with Crippen LogP contribution in [-0.2, 0) is 0 Å². The van der Waals surface area contributed by atoms with Crippen LogP contribution in [0.5, 0.6) is 0 Å². The average Bonchev–Trinajstić information content (AvgIpc) is 2.70. The van der Waals surface area contributed by atoms with Crippen LogP contribution in [0.4, 0.5) is 0 Å². The predicted octanol–water partition coefficient (Wildman–Crippen LogP) is 3.42. The van der Waals surface area contributed by atoms with Gasteiger partial charge in [0.15, 0.2) is 0 Å². The number of nitrogens with one attached hydrogen (secondary N) is 1. The molecule has 0 spiro atoms. The highest BCUT2D eigenvalue weighted by Gasteiger charge is 2.30. The second kappa shape index (κ2) is 6.10. The molecule has 0 radical (unpaired) electrons. The summed E-state index contributed by atoms with van der Waals surface area (Å²) in [5.41, 5.74) is 1.35. The SMILES string of the molecule is CCCC1CN(C(C)c2cc(C)oc2C)C(C)CN1. The molecule has 0 aliphatic carbocycles. The minimum Gasteiger partial charge on any atom is -0.466 e. The van der Waals surface area contributed by atoms with Gasteiger partial charge in [0.25, 0.3) is 0 Å². The Morgan fingerprint density at radius 2 is 2.21 bits per heavy atom. The van der Waals surface area contributed by atoms with E-state index in [9.17, 15) is 0 Å². The van der Waals surface area contributed by atoms with E-state index in [4.69, 9.17) is 4.42 Å². The monoisotopic (exact) mass is 264 g/mol. The molecule has 0 aromatic carbocycles. The lowest BCUT2D eigenvalue weighted by molar-refractivity contribution is 0.0952. The van der Waals surface area contributed by atoms with Crippen LogP contribution in [0.2, 0.25) is 0 Å². The Morgan fingerprint density at radius 1 is 1.47 bits per heavy atom. The lowest BCUT2D eigenvalue weighted by atomic mass is 10.00. The molecule has 3 atom stereocenters. The van der Waals surface area contributed by atoms with Crippen LogP contribution in [0.25, 0.3) is 0 Å². The van der Waals surface area contributed by atoms with Crippen molar-refractivity contribution < 1.29 is 4.42 Å². The predicted molar refractivity (Wildman–Crippen MR) is 79.5 cm³/mol. The van der Waals surface area contributed by atoms with Crippen molar-refractivity contribution in [2.24, 2.45) is 0 Å². The highest BCUT2D eigenvalue weighted by molar-refractivity contribution is 5.24. The molecular weight excluding hydrogens is 236 g/mol. The minimum atomic E-state index is 0.439. The van der Waals surface area contributed by atoms with Crippen LogP contribution in [0.1, 0.15) is 56.7 Å². The van der Waals surface area contributed by atoms with Crippen LogP contribution in [0.15, 0.2) is 10.5 Å². The lowest BCUT2D eigenvalue weighted by Gasteiger charge is -2.42. The quantitative estimate of drug-likeness (QED) is 0.903. The number of aryl methyl sites for hydroxylation is 2. The number of hydrogen-bond donors (Lipinski definition) is 1. The van der Waals surface area contributed by atoms with Crippen molar-refractivity contribution in [3.05, 3.63) is 23.2 Å². The van der Waals surface area contributed by atoms with Gasteiger partial charge < -0.3 is 9.73 Å². The van der Waals surface area contributed by atoms with Gasteiger partial charge in [-0.25, -0.2) is 0 Å². The van der Waals surface area contributed by atoms with Gasteiger partial charge in [-0.1, -0.05) is 13.3 Å². The van der Waals surface area contributed by atoms with Gasteiger partial charge in [0.2, 0.25) is 0 Å². The van der Waals surface area contributed by atoms with E-state index >= 15 is 0 Å². The third kappa shape index (κ3) is 3.21. The number of nitrogens with zero attached hydrogens (tertiary/aromatic N) is 1. The summed E-state index contributed by atoms with van der Waals surface area (Å²) >= 11 is 0. The molecule has 19 heavy (non-hydrogen) atoms. The van der Waals surface area contributed by atoms with Crippen molar-refractivity contribution in [2.75, 3.05) is 13.1 Å². The molecular formula is C16H28N2O. The molecule has 1 saturated heterocycles. The van der Waals surface area contributed by atoms with E-state index in [1.165, 1.54) is 18.4 Å². The van der Waals surface area contributed by atoms with E-state index in [0.29, 0.717) is 18.1 Å². The molecule has 2 rings (SSSR count). The fourth-order valence-electron chi connectivity index (χ4n) is 3.28. The molecule has 0 amide bonds. The van der Waals surface area contributed by atoms with Crippen molar-refractivity contribution in [1.82, 2.24) is 10.2 Å². The highest BCUT2D eigenvalue weighted by atomic mass is 16.3. The number of piperazine rings is 1. The summed E-state index contributed by atoms with van der Waals surface area (Å²) in [6, 6.07) is 3.85. The maximum absolute atomic E-state index is 5.69. The summed E-state index contributed by atoms with van der Waals surface area (Å²) in [5.74, 6) is 2.09. The second-order valence-electron chi connectivity index (χ2n) is 5.98. The van der Waals surface area contributed by atoms with Crippen LogP contribution < -0.4 is 5.32 Å². The first kappa shape index (κ1) is 14.6. The van der Waals surface area contributed by atoms with Gasteiger partial charge in [0, 0.05) is 36.8 Å². The van der Waals surface area contributed by atoms with Gasteiger partial charge in [-0.2, -0.15) is 0 Å². The molecule has 0 bridgehead atoms. The maximum Gasteiger partial charge on any atom is 0.105 e. The summed E-state index contributed by atoms with van der Waals surface area (Å²) in [6.45, 7) is 13.2. The van der Waals surface area contributed by atoms with E-state index < -0.39 is 0 Å². The first-order valence-electron chi connectivity index (χ1n) is 7.59. The molecule has 1 fully saturated rings. The van der Waals surface area contributed by atoms with Crippen molar-refractivity contribution >= 4 is 0 Å². The maximum atomic E-state index is 5.69. The van der Waals surface area contributed by atoms with Gasteiger partial charge in [0.1, 0.15) is 11.5 Å². The molecule has 1 aliphatic rings. The summed E-state index contributed by atoms with van der Waals surface area (Å²) in [5, 5.41) is 3.66. The number of hydrogen-bond acceptors (Lipinski definition) is 3. The third-order valence-corrected chi connectivity index (χ3v) is 4.36. The van der Waals surface area contributed by atoms with Crippen molar-refractivity contribution in [1.29, 1.82) is 0 Å². The zero-order valence-corrected chi connectivity index (χ0v) is 13.0. The standard InChI is InChI=1S/C16H28N2O/c1-6-7-15-10-18(11(2)9-17-15)13(4)16-8-12(3)19-14(16)5/h8,11,13,15,17H,6-7,9-10H2,1-5H3. The van der Waals surface area contributed by atoms with Gasteiger partial charge in [-0.15, -0.1) is 0 Å². The Morgan fingerprint density at radius 3 is 2.79 bits per heavy atom. The zero-order chi connectivity index (χ0) is 14.0. The molecule has 3 heteroatoms. The summed E-state index contributed by atoms with van der Waals surface area (Å²) < 4.78 is 5.69. The lowest BCUT2D eigenvalue weighted by Crippen LogP contribution is -2.55. The molecule has 1 aliphatic heterocycles. The molecule has 1 aromatic rings. The molecule has 3 nitrogen and oxygen atoms in total. The fourth-order valence-corrected chi connectivity index (χ4v) is 3.28. The summed E-state index contributed by atoms with van der Waals surface area (Å²) in [6.07, 6.45) is 2.51. The van der Waals surface area contributed by atoms with Crippen molar-refractivity contribution in [2.45, 2.75) is 65.6 Å². The van der Waals surface area contributed by atoms with Gasteiger partial charge in [0.05, 0.1) is 0 Å². The molecule has 2 heterocycles. The van der Waals surface area contributed by atoms with Crippen LogP contribution in [0, 0.1) is 13.8 Å². The molecule has 1 aromatic heterocycles. The normalized spacial score (nSPS) is 26.6. The molecule has 0 saturated carbocycles. The largest absolute Gasteiger partial charge is 0.466 e. The summed E-state index contributed by atoms with van der Waals surface area (Å²) in [7, 11) is 0. The Kier molecular flexibility index (Phi) is 4.69. The number of rotatable bonds is 4. The smallest absolute Gasteiger partial charge is 0.105 e. The minimum absolute atomic E-state index is 0.439. The van der Waals surface area contributed by atoms with E-state index in [1.807, 2.05) is 6.92 Å². The first-order chi connectivity index (χ1) is 9.02. The van der Waals surface area contributed by atoms with Crippen LogP contribution in [0.3, 0.4) is 0 Å². The van der Waals surface area contributed by atoms with Crippen LogP contribution in [-0.4, -0.2) is 30.1 Å². The Labute approximate surface area is 117 Å². The van der Waals surface area contributed by atoms with Crippen molar-refractivity contribution in [3.8, 4) is 0 Å².